The smallest absolute Gasteiger partial charge is 0.253 e. The van der Waals surface area contributed by atoms with Gasteiger partial charge in [-0.3, -0.25) is 9.59 Å². The first-order chi connectivity index (χ1) is 10.6. The van der Waals surface area contributed by atoms with Crippen molar-refractivity contribution in [3.05, 3.63) is 59.9 Å². The fraction of sp³-hybridized carbons (Fsp3) is 0.125. The second kappa shape index (κ2) is 7.21. The Bertz CT molecular complexity index is 689. The Hall–Kier alpha value is -2.89. The Morgan fingerprint density at radius 3 is 2.59 bits per heavy atom. The molecular weight excluding hydrogens is 285 g/mol. The van der Waals surface area contributed by atoms with Gasteiger partial charge in [0.15, 0.2) is 0 Å². The molecule has 0 saturated heterocycles. The Balaban J connectivity index is 1.98. The molecule has 0 spiro atoms. The molecule has 3 N–H and O–H groups in total. The lowest BCUT2D eigenvalue weighted by Gasteiger charge is -2.11. The Labute approximate surface area is 127 Å². The van der Waals surface area contributed by atoms with Crippen LogP contribution in [0.5, 0.6) is 0 Å². The van der Waals surface area contributed by atoms with Crippen LogP contribution in [0.3, 0.4) is 0 Å². The van der Waals surface area contributed by atoms with Crippen molar-refractivity contribution in [3.8, 4) is 0 Å². The van der Waals surface area contributed by atoms with E-state index in [1.165, 1.54) is 25.2 Å². The second-order valence-electron chi connectivity index (χ2n) is 4.54. The Morgan fingerprint density at radius 2 is 1.86 bits per heavy atom. The van der Waals surface area contributed by atoms with Crippen molar-refractivity contribution in [2.45, 2.75) is 0 Å². The number of nitrogens with one attached hydrogen (secondary N) is 3. The summed E-state index contributed by atoms with van der Waals surface area (Å²) in [6.45, 7) is -0.0372. The molecule has 0 atom stereocenters. The SMILES string of the molecule is CNC(=O)c1ccccc1NCC(=O)Nc1cccc(F)c1. The van der Waals surface area contributed by atoms with Crippen LogP contribution in [0.4, 0.5) is 15.8 Å². The maximum absolute atomic E-state index is 13.0. The van der Waals surface area contributed by atoms with Crippen LogP contribution in [0.2, 0.25) is 0 Å². The van der Waals surface area contributed by atoms with Crippen LogP contribution in [0.1, 0.15) is 10.4 Å². The van der Waals surface area contributed by atoms with E-state index in [1.54, 1.807) is 30.3 Å². The van der Waals surface area contributed by atoms with Gasteiger partial charge in [-0.05, 0) is 30.3 Å². The van der Waals surface area contributed by atoms with Gasteiger partial charge in [-0.25, -0.2) is 4.39 Å². The number of carbonyl (C=O) groups is 2. The third-order valence-corrected chi connectivity index (χ3v) is 2.95. The van der Waals surface area contributed by atoms with Crippen molar-refractivity contribution in [1.82, 2.24) is 5.32 Å². The summed E-state index contributed by atoms with van der Waals surface area (Å²) in [7, 11) is 1.54. The third kappa shape index (κ3) is 4.05. The molecule has 0 saturated carbocycles. The van der Waals surface area contributed by atoms with Crippen molar-refractivity contribution in [2.24, 2.45) is 0 Å². The number of rotatable bonds is 5. The normalized spacial score (nSPS) is 9.91. The quantitative estimate of drug-likeness (QED) is 0.793. The number of carbonyl (C=O) groups excluding carboxylic acids is 2. The zero-order chi connectivity index (χ0) is 15.9. The van der Waals surface area contributed by atoms with Crippen molar-refractivity contribution >= 4 is 23.2 Å². The number of anilines is 2. The summed E-state index contributed by atoms with van der Waals surface area (Å²) in [5.41, 5.74) is 1.38. The number of amides is 2. The number of halogens is 1. The van der Waals surface area contributed by atoms with Gasteiger partial charge >= 0.3 is 0 Å². The van der Waals surface area contributed by atoms with E-state index in [9.17, 15) is 14.0 Å². The predicted octanol–water partition coefficient (Wildman–Crippen LogP) is 2.24. The molecule has 0 aliphatic carbocycles. The van der Waals surface area contributed by atoms with Crippen molar-refractivity contribution < 1.29 is 14.0 Å². The summed E-state index contributed by atoms with van der Waals surface area (Å²) >= 11 is 0. The van der Waals surface area contributed by atoms with E-state index in [4.69, 9.17) is 0 Å². The minimum atomic E-state index is -0.421. The molecule has 0 aliphatic rings. The van der Waals surface area contributed by atoms with Gasteiger partial charge in [0.25, 0.3) is 5.91 Å². The van der Waals surface area contributed by atoms with Crippen LogP contribution >= 0.6 is 0 Å². The van der Waals surface area contributed by atoms with Gasteiger partial charge in [-0.1, -0.05) is 18.2 Å². The zero-order valence-corrected chi connectivity index (χ0v) is 12.0. The van der Waals surface area contributed by atoms with Gasteiger partial charge < -0.3 is 16.0 Å². The molecule has 0 unspecified atom stereocenters. The lowest BCUT2D eigenvalue weighted by atomic mass is 10.1. The summed E-state index contributed by atoms with van der Waals surface area (Å²) in [5.74, 6) is -0.998. The summed E-state index contributed by atoms with van der Waals surface area (Å²) in [4.78, 5) is 23.6. The van der Waals surface area contributed by atoms with E-state index in [1.807, 2.05) is 0 Å². The molecule has 0 heterocycles. The zero-order valence-electron chi connectivity index (χ0n) is 12.0. The van der Waals surface area contributed by atoms with Crippen LogP contribution in [-0.2, 0) is 4.79 Å². The van der Waals surface area contributed by atoms with E-state index in [-0.39, 0.29) is 18.4 Å². The number of hydrogen-bond acceptors (Lipinski definition) is 3. The minimum absolute atomic E-state index is 0.0372. The molecule has 0 aliphatic heterocycles. The molecule has 2 amide bonds. The summed E-state index contributed by atoms with van der Waals surface area (Å²) in [5, 5.41) is 8.00. The second-order valence-corrected chi connectivity index (χ2v) is 4.54. The highest BCUT2D eigenvalue weighted by Crippen LogP contribution is 2.14. The first kappa shape index (κ1) is 15.5. The van der Waals surface area contributed by atoms with E-state index < -0.39 is 5.82 Å². The molecule has 2 aromatic rings. The molecule has 5 nitrogen and oxygen atoms in total. The molecule has 22 heavy (non-hydrogen) atoms. The molecule has 2 aromatic carbocycles. The van der Waals surface area contributed by atoms with Crippen LogP contribution in [0.25, 0.3) is 0 Å². The predicted molar refractivity (Wildman–Crippen MR) is 83.4 cm³/mol. The lowest BCUT2D eigenvalue weighted by Crippen LogP contribution is -2.24. The molecule has 2 rings (SSSR count). The molecule has 0 bridgehead atoms. The Morgan fingerprint density at radius 1 is 1.09 bits per heavy atom. The summed E-state index contributed by atoms with van der Waals surface area (Å²) in [6, 6.07) is 12.5. The molecule has 0 aromatic heterocycles. The number of hydrogen-bond donors (Lipinski definition) is 3. The third-order valence-electron chi connectivity index (χ3n) is 2.95. The van der Waals surface area contributed by atoms with Gasteiger partial charge in [-0.15, -0.1) is 0 Å². The van der Waals surface area contributed by atoms with E-state index in [2.05, 4.69) is 16.0 Å². The summed E-state index contributed by atoms with van der Waals surface area (Å²) < 4.78 is 13.0. The minimum Gasteiger partial charge on any atom is -0.376 e. The van der Waals surface area contributed by atoms with Crippen LogP contribution < -0.4 is 16.0 Å². The first-order valence-electron chi connectivity index (χ1n) is 6.70. The molecule has 6 heteroatoms. The molecule has 0 fully saturated rings. The van der Waals surface area contributed by atoms with Gasteiger partial charge in [0, 0.05) is 18.4 Å². The van der Waals surface area contributed by atoms with Gasteiger partial charge in [0.1, 0.15) is 5.82 Å². The van der Waals surface area contributed by atoms with Gasteiger partial charge in [0.05, 0.1) is 12.1 Å². The standard InChI is InChI=1S/C16H16FN3O2/c1-18-16(22)13-7-2-3-8-14(13)19-10-15(21)20-12-6-4-5-11(17)9-12/h2-9,19H,10H2,1H3,(H,18,22)(H,20,21). The van der Waals surface area contributed by atoms with E-state index in [0.717, 1.165) is 0 Å². The van der Waals surface area contributed by atoms with Crippen molar-refractivity contribution in [3.63, 3.8) is 0 Å². The topological polar surface area (TPSA) is 70.2 Å². The highest BCUT2D eigenvalue weighted by Gasteiger charge is 2.10. The maximum Gasteiger partial charge on any atom is 0.253 e. The molecule has 114 valence electrons. The summed E-state index contributed by atoms with van der Waals surface area (Å²) in [6.07, 6.45) is 0. The Kier molecular flexibility index (Phi) is 5.08. The van der Waals surface area contributed by atoms with Crippen molar-refractivity contribution in [1.29, 1.82) is 0 Å². The monoisotopic (exact) mass is 301 g/mol. The first-order valence-corrected chi connectivity index (χ1v) is 6.70. The lowest BCUT2D eigenvalue weighted by molar-refractivity contribution is -0.114. The van der Waals surface area contributed by atoms with Crippen LogP contribution in [0.15, 0.2) is 48.5 Å². The fourth-order valence-electron chi connectivity index (χ4n) is 1.92. The largest absolute Gasteiger partial charge is 0.376 e. The van der Waals surface area contributed by atoms with Crippen molar-refractivity contribution in [2.75, 3.05) is 24.2 Å². The van der Waals surface area contributed by atoms with Gasteiger partial charge in [-0.2, -0.15) is 0 Å². The highest BCUT2D eigenvalue weighted by molar-refractivity contribution is 6.00. The average Bonchev–Trinajstić information content (AvgIpc) is 2.52. The number of para-hydroxylation sites is 1. The average molecular weight is 301 g/mol. The highest BCUT2D eigenvalue weighted by atomic mass is 19.1. The van der Waals surface area contributed by atoms with Gasteiger partial charge in [0.2, 0.25) is 5.91 Å². The van der Waals surface area contributed by atoms with E-state index in [0.29, 0.717) is 16.9 Å². The molecular formula is C16H16FN3O2. The maximum atomic E-state index is 13.0. The van der Waals surface area contributed by atoms with E-state index >= 15 is 0 Å². The van der Waals surface area contributed by atoms with Crippen LogP contribution in [-0.4, -0.2) is 25.4 Å². The fourth-order valence-corrected chi connectivity index (χ4v) is 1.92. The number of benzene rings is 2. The molecule has 0 radical (unpaired) electrons. The van der Waals surface area contributed by atoms with Crippen LogP contribution in [0, 0.1) is 5.82 Å².